The Hall–Kier alpha value is -1.64. The highest BCUT2D eigenvalue weighted by Gasteiger charge is 2.24. The van der Waals surface area contributed by atoms with Crippen LogP contribution in [0.4, 0.5) is 0 Å². The van der Waals surface area contributed by atoms with E-state index in [-0.39, 0.29) is 12.2 Å². The Bertz CT molecular complexity index is 809. The first-order valence-corrected chi connectivity index (χ1v) is 14.2. The van der Waals surface area contributed by atoms with Gasteiger partial charge in [0.2, 0.25) is 0 Å². The number of unbranched alkanes of at least 4 members (excludes halogenated alkanes) is 4. The predicted octanol–water partition coefficient (Wildman–Crippen LogP) is 9.24. The van der Waals surface area contributed by atoms with Crippen LogP contribution in [0.15, 0.2) is 48.5 Å². The Balaban J connectivity index is 1.25. The van der Waals surface area contributed by atoms with E-state index in [4.69, 9.17) is 9.47 Å². The maximum Gasteiger partial charge on any atom is 0.106 e. The van der Waals surface area contributed by atoms with Crippen LogP contribution in [-0.2, 0) is 9.47 Å². The summed E-state index contributed by atoms with van der Waals surface area (Å²) < 4.78 is 12.2. The van der Waals surface area contributed by atoms with E-state index >= 15 is 0 Å². The molecule has 186 valence electrons. The highest BCUT2D eigenvalue weighted by atomic mass is 16.6. The number of rotatable bonds is 11. The summed E-state index contributed by atoms with van der Waals surface area (Å²) in [6.07, 6.45) is 16.5. The van der Waals surface area contributed by atoms with Gasteiger partial charge < -0.3 is 9.47 Å². The van der Waals surface area contributed by atoms with Crippen LogP contribution in [0.3, 0.4) is 0 Å². The maximum atomic E-state index is 6.12. The molecule has 2 aromatic rings. The summed E-state index contributed by atoms with van der Waals surface area (Å²) in [5.41, 5.74) is 5.35. The molecule has 0 spiro atoms. The van der Waals surface area contributed by atoms with Gasteiger partial charge in [-0.25, -0.2) is 0 Å². The smallest absolute Gasteiger partial charge is 0.106 e. The molecule has 2 heteroatoms. The Labute approximate surface area is 208 Å². The highest BCUT2D eigenvalue weighted by molar-refractivity contribution is 5.64. The molecule has 1 aliphatic heterocycles. The first-order valence-electron chi connectivity index (χ1n) is 14.2. The quantitative estimate of drug-likeness (QED) is 0.310. The number of ether oxygens (including phenoxy) is 2. The van der Waals surface area contributed by atoms with Crippen LogP contribution in [0.5, 0.6) is 0 Å². The van der Waals surface area contributed by atoms with E-state index in [1.807, 2.05) is 0 Å². The van der Waals surface area contributed by atoms with Gasteiger partial charge in [0.05, 0.1) is 19.3 Å². The third-order valence-corrected chi connectivity index (χ3v) is 8.16. The second-order valence-electron chi connectivity index (χ2n) is 10.7. The molecule has 2 fully saturated rings. The Morgan fingerprint density at radius 3 is 1.85 bits per heavy atom. The molecule has 1 aliphatic carbocycles. The fraction of sp³-hybridized carbons (Fsp3) is 0.625. The molecule has 1 heterocycles. The SMILES string of the molecule is CCCCCCC1CCC(c2ccc(-c3ccc(C4COC(CCCC)CO4)cc3)cc2)CC1. The molecule has 34 heavy (non-hydrogen) atoms. The van der Waals surface area contributed by atoms with Gasteiger partial charge in [0, 0.05) is 0 Å². The van der Waals surface area contributed by atoms with Crippen LogP contribution >= 0.6 is 0 Å². The molecular weight excluding hydrogens is 416 g/mol. The first-order chi connectivity index (χ1) is 16.8. The molecular formula is C32H46O2. The van der Waals surface area contributed by atoms with Gasteiger partial charge in [0.15, 0.2) is 0 Å². The summed E-state index contributed by atoms with van der Waals surface area (Å²) in [6.45, 7) is 5.91. The van der Waals surface area contributed by atoms with E-state index in [0.717, 1.165) is 18.3 Å². The van der Waals surface area contributed by atoms with E-state index in [0.29, 0.717) is 13.2 Å². The van der Waals surface area contributed by atoms with Gasteiger partial charge in [-0.05, 0) is 66.2 Å². The molecule has 0 radical (unpaired) electrons. The van der Waals surface area contributed by atoms with Gasteiger partial charge in [-0.2, -0.15) is 0 Å². The van der Waals surface area contributed by atoms with Crippen molar-refractivity contribution in [2.24, 2.45) is 5.92 Å². The van der Waals surface area contributed by atoms with Crippen LogP contribution in [0.1, 0.15) is 114 Å². The van der Waals surface area contributed by atoms with E-state index in [2.05, 4.69) is 62.4 Å². The summed E-state index contributed by atoms with van der Waals surface area (Å²) >= 11 is 0. The lowest BCUT2D eigenvalue weighted by Gasteiger charge is -2.30. The maximum absolute atomic E-state index is 6.12. The normalized spacial score (nSPS) is 25.4. The highest BCUT2D eigenvalue weighted by Crippen LogP contribution is 2.38. The molecule has 2 nitrogen and oxygen atoms in total. The molecule has 0 bridgehead atoms. The molecule has 2 atom stereocenters. The number of benzene rings is 2. The van der Waals surface area contributed by atoms with Crippen LogP contribution < -0.4 is 0 Å². The second-order valence-corrected chi connectivity index (χ2v) is 10.7. The number of hydrogen-bond donors (Lipinski definition) is 0. The average molecular weight is 463 g/mol. The second kappa shape index (κ2) is 13.4. The van der Waals surface area contributed by atoms with E-state index in [9.17, 15) is 0 Å². The van der Waals surface area contributed by atoms with Gasteiger partial charge in [0.25, 0.3) is 0 Å². The Morgan fingerprint density at radius 1 is 0.618 bits per heavy atom. The monoisotopic (exact) mass is 462 g/mol. The summed E-state index contributed by atoms with van der Waals surface area (Å²) in [6, 6.07) is 18.3. The van der Waals surface area contributed by atoms with Crippen molar-refractivity contribution in [2.75, 3.05) is 13.2 Å². The predicted molar refractivity (Wildman–Crippen MR) is 143 cm³/mol. The Kier molecular flexibility index (Phi) is 10.1. The average Bonchev–Trinajstić information content (AvgIpc) is 2.91. The zero-order valence-corrected chi connectivity index (χ0v) is 21.6. The molecule has 1 saturated heterocycles. The topological polar surface area (TPSA) is 18.5 Å². The third-order valence-electron chi connectivity index (χ3n) is 8.16. The van der Waals surface area contributed by atoms with Crippen molar-refractivity contribution >= 4 is 0 Å². The van der Waals surface area contributed by atoms with Crippen molar-refractivity contribution in [1.29, 1.82) is 0 Å². The zero-order valence-electron chi connectivity index (χ0n) is 21.6. The summed E-state index contributed by atoms with van der Waals surface area (Å²) in [7, 11) is 0. The lowest BCUT2D eigenvalue weighted by Crippen LogP contribution is -2.31. The van der Waals surface area contributed by atoms with Gasteiger partial charge in [-0.3, -0.25) is 0 Å². The first kappa shape index (κ1) is 25.5. The Morgan fingerprint density at radius 2 is 1.26 bits per heavy atom. The lowest BCUT2D eigenvalue weighted by atomic mass is 9.77. The minimum absolute atomic E-state index is 0.0658. The van der Waals surface area contributed by atoms with E-state index in [1.165, 1.54) is 92.9 Å². The van der Waals surface area contributed by atoms with Crippen molar-refractivity contribution < 1.29 is 9.47 Å². The van der Waals surface area contributed by atoms with Crippen molar-refractivity contribution in [2.45, 2.75) is 109 Å². The van der Waals surface area contributed by atoms with Crippen molar-refractivity contribution in [1.82, 2.24) is 0 Å². The molecule has 0 aromatic heterocycles. The lowest BCUT2D eigenvalue weighted by molar-refractivity contribution is -0.137. The summed E-state index contributed by atoms with van der Waals surface area (Å²) in [4.78, 5) is 0. The largest absolute Gasteiger partial charge is 0.373 e. The van der Waals surface area contributed by atoms with Gasteiger partial charge >= 0.3 is 0 Å². The molecule has 2 unspecified atom stereocenters. The standard InChI is InChI=1S/C32H46O2/c1-3-5-7-8-9-25-11-13-26(14-12-25)27-15-17-28(18-16-27)29-19-21-30(22-20-29)32-24-33-31(23-34-32)10-6-4-2/h15-22,25-26,31-32H,3-14,23-24H2,1-2H3. The van der Waals surface area contributed by atoms with Crippen molar-refractivity contribution in [3.63, 3.8) is 0 Å². The molecule has 1 saturated carbocycles. The minimum atomic E-state index is 0.0658. The molecule has 0 N–H and O–H groups in total. The molecule has 0 amide bonds. The van der Waals surface area contributed by atoms with Crippen LogP contribution in [-0.4, -0.2) is 19.3 Å². The zero-order chi connectivity index (χ0) is 23.6. The van der Waals surface area contributed by atoms with Crippen LogP contribution in [0.25, 0.3) is 11.1 Å². The van der Waals surface area contributed by atoms with Crippen molar-refractivity contribution in [3.8, 4) is 11.1 Å². The minimum Gasteiger partial charge on any atom is -0.373 e. The molecule has 4 rings (SSSR count). The van der Waals surface area contributed by atoms with E-state index in [1.54, 1.807) is 0 Å². The van der Waals surface area contributed by atoms with Crippen LogP contribution in [0, 0.1) is 5.92 Å². The third kappa shape index (κ3) is 7.18. The fourth-order valence-electron chi connectivity index (χ4n) is 5.82. The summed E-state index contributed by atoms with van der Waals surface area (Å²) in [5.74, 6) is 1.74. The molecule has 2 aliphatic rings. The van der Waals surface area contributed by atoms with Gasteiger partial charge in [0.1, 0.15) is 6.10 Å². The van der Waals surface area contributed by atoms with Gasteiger partial charge in [-0.15, -0.1) is 0 Å². The number of hydrogen-bond acceptors (Lipinski definition) is 2. The van der Waals surface area contributed by atoms with Crippen molar-refractivity contribution in [3.05, 3.63) is 59.7 Å². The fourth-order valence-corrected chi connectivity index (χ4v) is 5.82. The van der Waals surface area contributed by atoms with Gasteiger partial charge in [-0.1, -0.05) is 107 Å². The van der Waals surface area contributed by atoms with Crippen LogP contribution in [0.2, 0.25) is 0 Å². The summed E-state index contributed by atoms with van der Waals surface area (Å²) in [5, 5.41) is 0. The molecule has 2 aromatic carbocycles. The van der Waals surface area contributed by atoms with E-state index < -0.39 is 0 Å².